The van der Waals surface area contributed by atoms with E-state index in [9.17, 15) is 14.4 Å². The van der Waals surface area contributed by atoms with Crippen LogP contribution in [0.15, 0.2) is 23.3 Å². The second kappa shape index (κ2) is 13.2. The zero-order chi connectivity index (χ0) is 22.5. The number of carbonyl (C=O) groups excluding carboxylic acids is 3. The number of amides is 3. The summed E-state index contributed by atoms with van der Waals surface area (Å²) in [5.74, 6) is -0.767. The molecule has 1 fully saturated rings. The predicted molar refractivity (Wildman–Crippen MR) is 114 cm³/mol. The fourth-order valence-electron chi connectivity index (χ4n) is 2.90. The predicted octanol–water partition coefficient (Wildman–Crippen LogP) is 0.689. The molecule has 0 bridgehead atoms. The molecule has 0 saturated carbocycles. The Balaban J connectivity index is 1.88. The quantitative estimate of drug-likeness (QED) is 0.229. The average molecular weight is 434 g/mol. The van der Waals surface area contributed by atoms with E-state index in [-0.39, 0.29) is 12.5 Å². The first kappa shape index (κ1) is 24.1. The van der Waals surface area contributed by atoms with E-state index in [1.807, 2.05) is 6.92 Å². The van der Waals surface area contributed by atoms with Gasteiger partial charge in [0.05, 0.1) is 12.8 Å². The molecule has 1 aromatic carbocycles. The second-order valence-corrected chi connectivity index (χ2v) is 6.82. The van der Waals surface area contributed by atoms with Gasteiger partial charge < -0.3 is 24.4 Å². The van der Waals surface area contributed by atoms with Crippen LogP contribution in [0.2, 0.25) is 0 Å². The third-order valence-corrected chi connectivity index (χ3v) is 4.47. The summed E-state index contributed by atoms with van der Waals surface area (Å²) in [5, 5.41) is 6.27. The van der Waals surface area contributed by atoms with Gasteiger partial charge in [-0.3, -0.25) is 14.4 Å². The number of methoxy groups -OCH3 is 1. The molecule has 0 aliphatic carbocycles. The molecule has 1 aromatic rings. The molecule has 1 heterocycles. The number of hydrogen-bond acceptors (Lipinski definition) is 7. The largest absolute Gasteiger partial charge is 0.490 e. The molecular formula is C21H30N4O6. The molecule has 0 atom stereocenters. The average Bonchev–Trinajstić information content (AvgIpc) is 3.31. The molecule has 1 saturated heterocycles. The van der Waals surface area contributed by atoms with Crippen LogP contribution in [0.3, 0.4) is 0 Å². The van der Waals surface area contributed by atoms with Crippen molar-refractivity contribution >= 4 is 23.9 Å². The van der Waals surface area contributed by atoms with Gasteiger partial charge in [0.15, 0.2) is 18.1 Å². The van der Waals surface area contributed by atoms with E-state index in [2.05, 4.69) is 15.8 Å². The summed E-state index contributed by atoms with van der Waals surface area (Å²) in [6, 6.07) is 5.06. The highest BCUT2D eigenvalue weighted by molar-refractivity contribution is 6.35. The molecule has 10 nitrogen and oxygen atoms in total. The van der Waals surface area contributed by atoms with Crippen LogP contribution in [0.1, 0.15) is 31.7 Å². The molecule has 0 unspecified atom stereocenters. The zero-order valence-corrected chi connectivity index (χ0v) is 18.0. The van der Waals surface area contributed by atoms with E-state index < -0.39 is 11.8 Å². The van der Waals surface area contributed by atoms with Gasteiger partial charge in [-0.2, -0.15) is 5.10 Å². The maximum absolute atomic E-state index is 12.2. The van der Waals surface area contributed by atoms with Crippen LogP contribution >= 0.6 is 0 Å². The lowest BCUT2D eigenvalue weighted by Crippen LogP contribution is -2.38. The van der Waals surface area contributed by atoms with E-state index >= 15 is 0 Å². The Kier molecular flexibility index (Phi) is 10.3. The maximum Gasteiger partial charge on any atom is 0.329 e. The van der Waals surface area contributed by atoms with Crippen molar-refractivity contribution in [3.05, 3.63) is 23.8 Å². The Labute approximate surface area is 181 Å². The van der Waals surface area contributed by atoms with Crippen molar-refractivity contribution in [1.82, 2.24) is 15.6 Å². The Hall–Kier alpha value is -3.14. The number of likely N-dealkylation sites (tertiary alicyclic amines) is 1. The summed E-state index contributed by atoms with van der Waals surface area (Å²) in [5.41, 5.74) is 2.80. The van der Waals surface area contributed by atoms with Crippen LogP contribution in [0.25, 0.3) is 0 Å². The number of nitrogens with zero attached hydrogens (tertiary/aromatic N) is 2. The highest BCUT2D eigenvalue weighted by atomic mass is 16.5. The molecule has 31 heavy (non-hydrogen) atoms. The zero-order valence-electron chi connectivity index (χ0n) is 18.0. The summed E-state index contributed by atoms with van der Waals surface area (Å²) in [6.07, 6.45) is 4.04. The molecule has 10 heteroatoms. The number of rotatable bonds is 11. The standard InChI is InChI=1S/C21H30N4O6/c1-3-30-18-13-16(14-23-24-21(28)20(27)22-9-6-12-29-2)7-8-17(18)31-15-19(26)25-10-4-5-11-25/h7-8,13-14H,3-6,9-12,15H2,1-2H3,(H,22,27)(H,24,28)/b23-14-. The number of carbonyl (C=O) groups is 3. The smallest absolute Gasteiger partial charge is 0.329 e. The number of hydrogen-bond donors (Lipinski definition) is 2. The highest BCUT2D eigenvalue weighted by Gasteiger charge is 2.19. The molecule has 2 N–H and O–H groups in total. The lowest BCUT2D eigenvalue weighted by atomic mass is 10.2. The summed E-state index contributed by atoms with van der Waals surface area (Å²) < 4.78 is 16.1. The van der Waals surface area contributed by atoms with Gasteiger partial charge in [0.1, 0.15) is 0 Å². The van der Waals surface area contributed by atoms with Crippen LogP contribution in [0, 0.1) is 0 Å². The summed E-state index contributed by atoms with van der Waals surface area (Å²) in [7, 11) is 1.56. The van der Waals surface area contributed by atoms with Crippen LogP contribution in [0.5, 0.6) is 11.5 Å². The normalized spacial score (nSPS) is 13.3. The first-order chi connectivity index (χ1) is 15.0. The molecule has 3 amide bonds. The SMILES string of the molecule is CCOc1cc(/C=N\NC(=O)C(=O)NCCCOC)ccc1OCC(=O)N1CCCC1. The lowest BCUT2D eigenvalue weighted by molar-refractivity contribution is -0.139. The second-order valence-electron chi connectivity index (χ2n) is 6.82. The van der Waals surface area contributed by atoms with Crippen molar-refractivity contribution in [2.24, 2.45) is 5.10 Å². The molecule has 0 spiro atoms. The van der Waals surface area contributed by atoms with E-state index in [0.717, 1.165) is 25.9 Å². The van der Waals surface area contributed by atoms with E-state index in [0.29, 0.717) is 43.2 Å². The lowest BCUT2D eigenvalue weighted by Gasteiger charge is -2.17. The van der Waals surface area contributed by atoms with Crippen molar-refractivity contribution in [3.63, 3.8) is 0 Å². The highest BCUT2D eigenvalue weighted by Crippen LogP contribution is 2.28. The van der Waals surface area contributed by atoms with Crippen LogP contribution in [-0.2, 0) is 19.1 Å². The number of hydrazone groups is 1. The molecule has 0 radical (unpaired) electrons. The van der Waals surface area contributed by atoms with Crippen molar-refractivity contribution in [3.8, 4) is 11.5 Å². The first-order valence-corrected chi connectivity index (χ1v) is 10.3. The Morgan fingerprint density at radius 3 is 2.61 bits per heavy atom. The Morgan fingerprint density at radius 2 is 1.90 bits per heavy atom. The third kappa shape index (κ3) is 8.25. The van der Waals surface area contributed by atoms with Gasteiger partial charge in [0.2, 0.25) is 0 Å². The van der Waals surface area contributed by atoms with Crippen LogP contribution in [0.4, 0.5) is 0 Å². The molecule has 1 aliphatic heterocycles. The molecule has 2 rings (SSSR count). The van der Waals surface area contributed by atoms with E-state index in [1.165, 1.54) is 6.21 Å². The van der Waals surface area contributed by atoms with Gasteiger partial charge in [-0.15, -0.1) is 0 Å². The fourth-order valence-corrected chi connectivity index (χ4v) is 2.90. The van der Waals surface area contributed by atoms with Crippen molar-refractivity contribution in [2.75, 3.05) is 46.6 Å². The van der Waals surface area contributed by atoms with Gasteiger partial charge in [0.25, 0.3) is 5.91 Å². The number of ether oxygens (including phenoxy) is 3. The number of nitrogens with one attached hydrogen (secondary N) is 2. The first-order valence-electron chi connectivity index (χ1n) is 10.3. The molecule has 170 valence electrons. The number of benzene rings is 1. The Bertz CT molecular complexity index is 777. The third-order valence-electron chi connectivity index (χ3n) is 4.47. The minimum atomic E-state index is -0.862. The summed E-state index contributed by atoms with van der Waals surface area (Å²) in [4.78, 5) is 37.3. The van der Waals surface area contributed by atoms with Crippen molar-refractivity contribution in [1.29, 1.82) is 0 Å². The minimum Gasteiger partial charge on any atom is -0.490 e. The Morgan fingerprint density at radius 1 is 1.13 bits per heavy atom. The van der Waals surface area contributed by atoms with Gasteiger partial charge in [-0.25, -0.2) is 5.43 Å². The molecule has 0 aromatic heterocycles. The minimum absolute atomic E-state index is 0.0474. The van der Waals surface area contributed by atoms with E-state index in [4.69, 9.17) is 14.2 Å². The van der Waals surface area contributed by atoms with Gasteiger partial charge in [-0.05, 0) is 49.9 Å². The van der Waals surface area contributed by atoms with E-state index in [1.54, 1.807) is 30.2 Å². The van der Waals surface area contributed by atoms with Gasteiger partial charge in [0, 0.05) is 33.4 Å². The van der Waals surface area contributed by atoms with Crippen molar-refractivity contribution in [2.45, 2.75) is 26.2 Å². The monoisotopic (exact) mass is 434 g/mol. The van der Waals surface area contributed by atoms with Crippen LogP contribution in [-0.4, -0.2) is 75.4 Å². The molecule has 1 aliphatic rings. The summed E-state index contributed by atoms with van der Waals surface area (Å²) in [6.45, 7) is 4.57. The summed E-state index contributed by atoms with van der Waals surface area (Å²) >= 11 is 0. The van der Waals surface area contributed by atoms with Gasteiger partial charge in [-0.1, -0.05) is 0 Å². The fraction of sp³-hybridized carbons (Fsp3) is 0.524. The van der Waals surface area contributed by atoms with Crippen molar-refractivity contribution < 1.29 is 28.6 Å². The van der Waals surface area contributed by atoms with Crippen LogP contribution < -0.4 is 20.2 Å². The topological polar surface area (TPSA) is 119 Å². The molecular weight excluding hydrogens is 404 g/mol. The van der Waals surface area contributed by atoms with Gasteiger partial charge >= 0.3 is 11.8 Å². The maximum atomic E-state index is 12.2.